The molecule has 0 fully saturated rings. The molecule has 3 nitrogen and oxygen atoms in total. The summed E-state index contributed by atoms with van der Waals surface area (Å²) in [7, 11) is 0. The molecule has 22 heavy (non-hydrogen) atoms. The summed E-state index contributed by atoms with van der Waals surface area (Å²) in [5.41, 5.74) is 10.5. The van der Waals surface area contributed by atoms with Crippen LogP contribution in [0.15, 0.2) is 43.0 Å². The van der Waals surface area contributed by atoms with Crippen molar-refractivity contribution < 1.29 is 4.79 Å². The molecule has 1 heterocycles. The van der Waals surface area contributed by atoms with Crippen LogP contribution >= 0.6 is 0 Å². The van der Waals surface area contributed by atoms with Crippen LogP contribution in [-0.2, 0) is 6.54 Å². The highest BCUT2D eigenvalue weighted by Gasteiger charge is 2.13. The Bertz CT molecular complexity index is 831. The van der Waals surface area contributed by atoms with Crippen molar-refractivity contribution in [1.29, 1.82) is 0 Å². The number of nitrogens with two attached hydrogens (primary N) is 1. The second-order valence-corrected chi connectivity index (χ2v) is 5.76. The lowest BCUT2D eigenvalue weighted by Gasteiger charge is -2.06. The number of hydrogen-bond donors (Lipinski definition) is 1. The first kappa shape index (κ1) is 14.4. The van der Waals surface area contributed by atoms with Crippen molar-refractivity contribution in [3.63, 3.8) is 0 Å². The minimum absolute atomic E-state index is 0.394. The summed E-state index contributed by atoms with van der Waals surface area (Å²) in [5.74, 6) is -0.394. The molecule has 0 bridgehead atoms. The highest BCUT2D eigenvalue weighted by molar-refractivity contribution is 6.11. The van der Waals surface area contributed by atoms with E-state index in [4.69, 9.17) is 5.73 Å². The van der Waals surface area contributed by atoms with Gasteiger partial charge in [0.2, 0.25) is 5.91 Å². The van der Waals surface area contributed by atoms with Gasteiger partial charge < -0.3 is 10.3 Å². The van der Waals surface area contributed by atoms with E-state index in [0.29, 0.717) is 5.56 Å². The van der Waals surface area contributed by atoms with Crippen LogP contribution in [0.5, 0.6) is 0 Å². The Morgan fingerprint density at radius 3 is 2.14 bits per heavy atom. The first-order valence-corrected chi connectivity index (χ1v) is 7.54. The molecule has 1 aromatic heterocycles. The molecule has 0 atom stereocenters. The van der Waals surface area contributed by atoms with E-state index in [0.717, 1.165) is 40.4 Å². The molecule has 0 aliphatic rings. The van der Waals surface area contributed by atoms with Crippen LogP contribution in [0, 0.1) is 0 Å². The highest BCUT2D eigenvalue weighted by Crippen LogP contribution is 2.32. The maximum Gasteiger partial charge on any atom is 0.248 e. The summed E-state index contributed by atoms with van der Waals surface area (Å²) in [5, 5.41) is 2.22. The smallest absolute Gasteiger partial charge is 0.248 e. The van der Waals surface area contributed by atoms with Crippen molar-refractivity contribution in [3.05, 3.63) is 54.1 Å². The van der Waals surface area contributed by atoms with Gasteiger partial charge in [-0.2, -0.15) is 0 Å². The number of aromatic nitrogens is 1. The molecule has 2 aromatic carbocycles. The first-order chi connectivity index (χ1) is 10.5. The van der Waals surface area contributed by atoms with Crippen LogP contribution < -0.4 is 5.73 Å². The summed E-state index contributed by atoms with van der Waals surface area (Å²) in [6, 6.07) is 12.1. The second-order valence-electron chi connectivity index (χ2n) is 5.76. The number of carbonyl (C=O) groups excluding carboxylic acids is 1. The van der Waals surface area contributed by atoms with Gasteiger partial charge in [-0.3, -0.25) is 4.79 Å². The van der Waals surface area contributed by atoms with Crippen LogP contribution in [-0.4, -0.2) is 10.5 Å². The molecule has 3 rings (SSSR count). The van der Waals surface area contributed by atoms with E-state index in [9.17, 15) is 4.79 Å². The number of nitrogens with zero attached hydrogens (tertiary/aromatic N) is 1. The van der Waals surface area contributed by atoms with Gasteiger partial charge in [0.1, 0.15) is 0 Å². The number of allylic oxidation sites excluding steroid dienone is 1. The SMILES string of the molecule is C=C(C)c1ccc2c(c1)c1cc(C(N)=O)ccc1n2CCC. The van der Waals surface area contributed by atoms with Crippen molar-refractivity contribution in [2.45, 2.75) is 26.8 Å². The average molecular weight is 292 g/mol. The third-order valence-corrected chi connectivity index (χ3v) is 4.09. The number of aryl methyl sites for hydroxylation is 1. The van der Waals surface area contributed by atoms with Gasteiger partial charge in [0, 0.05) is 33.9 Å². The van der Waals surface area contributed by atoms with E-state index < -0.39 is 5.91 Å². The Kier molecular flexibility index (Phi) is 3.49. The Morgan fingerprint density at radius 1 is 1.09 bits per heavy atom. The molecule has 1 amide bonds. The van der Waals surface area contributed by atoms with E-state index in [-0.39, 0.29) is 0 Å². The largest absolute Gasteiger partial charge is 0.366 e. The molecule has 3 heteroatoms. The van der Waals surface area contributed by atoms with Crippen molar-refractivity contribution in [2.75, 3.05) is 0 Å². The second kappa shape index (κ2) is 5.34. The fraction of sp³-hybridized carbons (Fsp3) is 0.211. The number of primary amides is 1. The molecule has 2 N–H and O–H groups in total. The molecule has 0 spiro atoms. The number of carbonyl (C=O) groups is 1. The molecular weight excluding hydrogens is 272 g/mol. The van der Waals surface area contributed by atoms with Crippen molar-refractivity contribution in [3.8, 4) is 0 Å². The molecule has 0 saturated carbocycles. The zero-order valence-corrected chi connectivity index (χ0v) is 13.0. The number of fused-ring (bicyclic) bond motifs is 3. The molecular formula is C19H20N2O. The number of benzene rings is 2. The summed E-state index contributed by atoms with van der Waals surface area (Å²) < 4.78 is 2.30. The topological polar surface area (TPSA) is 48.0 Å². The quantitative estimate of drug-likeness (QED) is 0.764. The molecule has 3 aromatic rings. The molecule has 0 saturated heterocycles. The van der Waals surface area contributed by atoms with Gasteiger partial charge in [-0.1, -0.05) is 25.1 Å². The molecule has 0 radical (unpaired) electrons. The lowest BCUT2D eigenvalue weighted by atomic mass is 10.0. The van der Waals surface area contributed by atoms with Crippen molar-refractivity contribution in [1.82, 2.24) is 4.57 Å². The van der Waals surface area contributed by atoms with Crippen LogP contribution in [0.3, 0.4) is 0 Å². The van der Waals surface area contributed by atoms with Crippen molar-refractivity contribution in [2.24, 2.45) is 5.73 Å². The van der Waals surface area contributed by atoms with Gasteiger partial charge in [-0.05, 0) is 49.2 Å². The first-order valence-electron chi connectivity index (χ1n) is 7.54. The van der Waals surface area contributed by atoms with Crippen molar-refractivity contribution >= 4 is 33.3 Å². The maximum atomic E-state index is 11.5. The fourth-order valence-corrected chi connectivity index (χ4v) is 2.99. The van der Waals surface area contributed by atoms with Crippen LogP contribution in [0.4, 0.5) is 0 Å². The van der Waals surface area contributed by atoms with E-state index in [1.165, 1.54) is 5.52 Å². The number of amides is 1. The lowest BCUT2D eigenvalue weighted by Crippen LogP contribution is -2.10. The fourth-order valence-electron chi connectivity index (χ4n) is 2.99. The summed E-state index contributed by atoms with van der Waals surface area (Å²) in [6.45, 7) is 9.13. The van der Waals surface area contributed by atoms with Crippen LogP contribution in [0.1, 0.15) is 36.2 Å². The molecule has 0 aliphatic heterocycles. The Hall–Kier alpha value is -2.55. The van der Waals surface area contributed by atoms with Gasteiger partial charge in [-0.25, -0.2) is 0 Å². The van der Waals surface area contributed by atoms with Gasteiger partial charge in [0.25, 0.3) is 0 Å². The zero-order chi connectivity index (χ0) is 15.9. The minimum atomic E-state index is -0.394. The minimum Gasteiger partial charge on any atom is -0.366 e. The third-order valence-electron chi connectivity index (χ3n) is 4.09. The van der Waals surface area contributed by atoms with Crippen LogP contribution in [0.25, 0.3) is 27.4 Å². The van der Waals surface area contributed by atoms with Crippen LogP contribution in [0.2, 0.25) is 0 Å². The van der Waals surface area contributed by atoms with E-state index in [1.54, 1.807) is 6.07 Å². The molecule has 0 aliphatic carbocycles. The van der Waals surface area contributed by atoms with Gasteiger partial charge >= 0.3 is 0 Å². The predicted molar refractivity (Wildman–Crippen MR) is 93.0 cm³/mol. The maximum absolute atomic E-state index is 11.5. The molecule has 0 unspecified atom stereocenters. The number of rotatable bonds is 4. The number of hydrogen-bond acceptors (Lipinski definition) is 1. The van der Waals surface area contributed by atoms with Gasteiger partial charge in [0.05, 0.1) is 0 Å². The molecule has 112 valence electrons. The summed E-state index contributed by atoms with van der Waals surface area (Å²) in [6.07, 6.45) is 1.05. The Labute approximate surface area is 130 Å². The zero-order valence-electron chi connectivity index (χ0n) is 13.0. The standard InChI is InChI=1S/C19H20N2O/c1-4-9-21-17-7-5-13(12(2)3)10-15(17)16-11-14(19(20)22)6-8-18(16)21/h5-8,10-11H,2,4,9H2,1,3H3,(H2,20,22). The Morgan fingerprint density at radius 2 is 1.64 bits per heavy atom. The summed E-state index contributed by atoms with van der Waals surface area (Å²) >= 11 is 0. The predicted octanol–water partition coefficient (Wildman–Crippen LogP) is 4.34. The average Bonchev–Trinajstić information content (AvgIpc) is 2.81. The lowest BCUT2D eigenvalue weighted by molar-refractivity contribution is 0.100. The summed E-state index contributed by atoms with van der Waals surface area (Å²) in [4.78, 5) is 11.5. The Balaban J connectivity index is 2.41. The highest BCUT2D eigenvalue weighted by atomic mass is 16.1. The third kappa shape index (κ3) is 2.19. The normalized spacial score (nSPS) is 11.2. The van der Waals surface area contributed by atoms with Gasteiger partial charge in [-0.15, -0.1) is 0 Å². The van der Waals surface area contributed by atoms with E-state index >= 15 is 0 Å². The van der Waals surface area contributed by atoms with Gasteiger partial charge in [0.15, 0.2) is 0 Å². The van der Waals surface area contributed by atoms with E-state index in [2.05, 4.69) is 36.3 Å². The van der Waals surface area contributed by atoms with E-state index in [1.807, 2.05) is 19.1 Å². The monoisotopic (exact) mass is 292 g/mol.